The Kier molecular flexibility index (Phi) is 8.26. The molecule has 0 radical (unpaired) electrons. The first-order valence-electron chi connectivity index (χ1n) is 11.5. The van der Waals surface area contributed by atoms with Gasteiger partial charge in [0.25, 0.3) is 0 Å². The lowest BCUT2D eigenvalue weighted by Crippen LogP contribution is -2.53. The number of amides is 2. The number of carbonyl (C=O) groups excluding carboxylic acids is 2. The molecule has 9 nitrogen and oxygen atoms in total. The summed E-state index contributed by atoms with van der Waals surface area (Å²) in [6, 6.07) is 11.5. The standard InChI is InChI=1S/C25H33N3O6S/c1-6-21(25(30)26-17(2)3)27(14-19-9-7-18(4)8-10-19)24(29)15-28(35(5,31)32)20-11-12-22-23(13-20)34-16-33-22/h7-13,17,21H,6,14-16H2,1-5H3,(H,26,30)/t21-/m0/s1. The summed E-state index contributed by atoms with van der Waals surface area (Å²) in [6.07, 6.45) is 1.41. The number of hydrogen-bond acceptors (Lipinski definition) is 6. The molecule has 2 amide bonds. The molecule has 0 fully saturated rings. The predicted octanol–water partition coefficient (Wildman–Crippen LogP) is 2.82. The highest BCUT2D eigenvalue weighted by Crippen LogP contribution is 2.36. The molecule has 2 aromatic carbocycles. The summed E-state index contributed by atoms with van der Waals surface area (Å²) in [5.41, 5.74) is 2.19. The van der Waals surface area contributed by atoms with Crippen molar-refractivity contribution in [3.63, 3.8) is 0 Å². The second-order valence-corrected chi connectivity index (χ2v) is 10.8. The predicted molar refractivity (Wildman–Crippen MR) is 134 cm³/mol. The number of rotatable bonds is 10. The Balaban J connectivity index is 1.94. The van der Waals surface area contributed by atoms with Gasteiger partial charge in [0.15, 0.2) is 11.5 Å². The maximum atomic E-state index is 13.7. The van der Waals surface area contributed by atoms with Crippen LogP contribution in [0, 0.1) is 6.92 Å². The first-order valence-corrected chi connectivity index (χ1v) is 13.4. The van der Waals surface area contributed by atoms with Crippen molar-refractivity contribution in [3.05, 3.63) is 53.6 Å². The van der Waals surface area contributed by atoms with Gasteiger partial charge >= 0.3 is 0 Å². The van der Waals surface area contributed by atoms with E-state index in [9.17, 15) is 18.0 Å². The van der Waals surface area contributed by atoms with E-state index in [2.05, 4.69) is 5.32 Å². The fraction of sp³-hybridized carbons (Fsp3) is 0.440. The third-order valence-corrected chi connectivity index (χ3v) is 6.75. The highest BCUT2D eigenvalue weighted by atomic mass is 32.2. The van der Waals surface area contributed by atoms with Crippen molar-refractivity contribution in [1.29, 1.82) is 0 Å². The Bertz CT molecular complexity index is 1160. The normalized spacial score (nSPS) is 13.4. The van der Waals surface area contributed by atoms with E-state index in [-0.39, 0.29) is 31.0 Å². The van der Waals surface area contributed by atoms with Crippen LogP contribution in [-0.2, 0) is 26.2 Å². The van der Waals surface area contributed by atoms with Crippen LogP contribution < -0.4 is 19.1 Å². The summed E-state index contributed by atoms with van der Waals surface area (Å²) < 4.78 is 37.1. The number of carbonyl (C=O) groups is 2. The van der Waals surface area contributed by atoms with Crippen LogP contribution in [0.4, 0.5) is 5.69 Å². The highest BCUT2D eigenvalue weighted by Gasteiger charge is 2.32. The summed E-state index contributed by atoms with van der Waals surface area (Å²) in [4.78, 5) is 28.1. The fourth-order valence-electron chi connectivity index (χ4n) is 3.84. The van der Waals surface area contributed by atoms with Gasteiger partial charge in [-0.25, -0.2) is 8.42 Å². The summed E-state index contributed by atoms with van der Waals surface area (Å²) >= 11 is 0. The van der Waals surface area contributed by atoms with E-state index in [1.165, 1.54) is 11.0 Å². The Hall–Kier alpha value is -3.27. The van der Waals surface area contributed by atoms with Crippen LogP contribution in [0.1, 0.15) is 38.3 Å². The number of hydrogen-bond donors (Lipinski definition) is 1. The first kappa shape index (κ1) is 26.3. The molecular weight excluding hydrogens is 470 g/mol. The van der Waals surface area contributed by atoms with Crippen LogP contribution in [-0.4, -0.2) is 56.8 Å². The van der Waals surface area contributed by atoms with Gasteiger partial charge < -0.3 is 19.7 Å². The SMILES string of the molecule is CC[C@@H](C(=O)NC(C)C)N(Cc1ccc(C)cc1)C(=O)CN(c1ccc2c(c1)OCO2)S(C)(=O)=O. The van der Waals surface area contributed by atoms with Gasteiger partial charge in [-0.05, 0) is 44.9 Å². The summed E-state index contributed by atoms with van der Waals surface area (Å²) in [7, 11) is -3.83. The Morgan fingerprint density at radius 1 is 1.06 bits per heavy atom. The maximum absolute atomic E-state index is 13.7. The highest BCUT2D eigenvalue weighted by molar-refractivity contribution is 7.92. The molecule has 1 N–H and O–H groups in total. The lowest BCUT2D eigenvalue weighted by atomic mass is 10.1. The molecule has 190 valence electrons. The molecule has 3 rings (SSSR count). The van der Waals surface area contributed by atoms with Crippen LogP contribution in [0.3, 0.4) is 0 Å². The van der Waals surface area contributed by atoms with Gasteiger partial charge in [0, 0.05) is 18.7 Å². The van der Waals surface area contributed by atoms with Gasteiger partial charge in [0.1, 0.15) is 12.6 Å². The van der Waals surface area contributed by atoms with Crippen LogP contribution >= 0.6 is 0 Å². The van der Waals surface area contributed by atoms with E-state index in [4.69, 9.17) is 9.47 Å². The zero-order valence-electron chi connectivity index (χ0n) is 20.8. The average molecular weight is 504 g/mol. The van der Waals surface area contributed by atoms with Crippen molar-refractivity contribution in [2.75, 3.05) is 23.9 Å². The Morgan fingerprint density at radius 2 is 1.71 bits per heavy atom. The third-order valence-electron chi connectivity index (χ3n) is 5.61. The fourth-order valence-corrected chi connectivity index (χ4v) is 4.69. The molecule has 0 aliphatic carbocycles. The van der Waals surface area contributed by atoms with E-state index in [0.29, 0.717) is 17.9 Å². The molecule has 0 unspecified atom stereocenters. The molecule has 0 saturated heterocycles. The van der Waals surface area contributed by atoms with Crippen molar-refractivity contribution < 1.29 is 27.5 Å². The number of ether oxygens (including phenoxy) is 2. The smallest absolute Gasteiger partial charge is 0.244 e. The second-order valence-electron chi connectivity index (χ2n) is 8.90. The topological polar surface area (TPSA) is 105 Å². The lowest BCUT2D eigenvalue weighted by molar-refractivity contribution is -0.140. The van der Waals surface area contributed by atoms with Crippen molar-refractivity contribution in [1.82, 2.24) is 10.2 Å². The van der Waals surface area contributed by atoms with Crippen molar-refractivity contribution in [3.8, 4) is 11.5 Å². The molecule has 35 heavy (non-hydrogen) atoms. The number of nitrogens with one attached hydrogen (secondary N) is 1. The van der Waals surface area contributed by atoms with Gasteiger partial charge in [-0.3, -0.25) is 13.9 Å². The monoisotopic (exact) mass is 503 g/mol. The van der Waals surface area contributed by atoms with E-state index in [1.807, 2.05) is 52.0 Å². The maximum Gasteiger partial charge on any atom is 0.244 e. The summed E-state index contributed by atoms with van der Waals surface area (Å²) in [6.45, 7) is 7.24. The third kappa shape index (κ3) is 6.66. The molecule has 0 saturated carbocycles. The second kappa shape index (κ2) is 11.0. The van der Waals surface area contributed by atoms with Crippen molar-refractivity contribution >= 4 is 27.5 Å². The number of aryl methyl sites for hydroxylation is 1. The first-order chi connectivity index (χ1) is 16.5. The minimum Gasteiger partial charge on any atom is -0.454 e. The molecule has 0 bridgehead atoms. The summed E-state index contributed by atoms with van der Waals surface area (Å²) in [5, 5.41) is 2.87. The Morgan fingerprint density at radius 3 is 2.31 bits per heavy atom. The number of benzene rings is 2. The molecule has 1 aliphatic heterocycles. The molecule has 2 aromatic rings. The minimum absolute atomic E-state index is 0.0457. The minimum atomic E-state index is -3.83. The lowest BCUT2D eigenvalue weighted by Gasteiger charge is -2.33. The van der Waals surface area contributed by atoms with Crippen LogP contribution in [0.2, 0.25) is 0 Å². The quantitative estimate of drug-likeness (QED) is 0.535. The van der Waals surface area contributed by atoms with Crippen molar-refractivity contribution in [2.45, 2.75) is 52.7 Å². The van der Waals surface area contributed by atoms with E-state index < -0.39 is 28.5 Å². The van der Waals surface area contributed by atoms with Crippen LogP contribution in [0.25, 0.3) is 0 Å². The van der Waals surface area contributed by atoms with E-state index >= 15 is 0 Å². The Labute approximate surface area is 207 Å². The van der Waals surface area contributed by atoms with Crippen LogP contribution in [0.5, 0.6) is 11.5 Å². The molecule has 1 aliphatic rings. The van der Waals surface area contributed by atoms with E-state index in [1.54, 1.807) is 12.1 Å². The van der Waals surface area contributed by atoms with Crippen LogP contribution in [0.15, 0.2) is 42.5 Å². The van der Waals surface area contributed by atoms with Gasteiger partial charge in [0.05, 0.1) is 11.9 Å². The summed E-state index contributed by atoms with van der Waals surface area (Å²) in [5.74, 6) is 0.144. The van der Waals surface area contributed by atoms with Crippen molar-refractivity contribution in [2.24, 2.45) is 0 Å². The van der Waals surface area contributed by atoms with Gasteiger partial charge in [-0.15, -0.1) is 0 Å². The van der Waals surface area contributed by atoms with Gasteiger partial charge in [-0.1, -0.05) is 36.8 Å². The zero-order chi connectivity index (χ0) is 25.8. The molecule has 10 heteroatoms. The number of sulfonamides is 1. The molecule has 1 heterocycles. The molecular formula is C25H33N3O6S. The average Bonchev–Trinajstić information content (AvgIpc) is 3.25. The number of anilines is 1. The molecule has 0 spiro atoms. The van der Waals surface area contributed by atoms with Gasteiger partial charge in [0.2, 0.25) is 28.6 Å². The zero-order valence-corrected chi connectivity index (χ0v) is 21.6. The largest absolute Gasteiger partial charge is 0.454 e. The number of nitrogens with zero attached hydrogens (tertiary/aromatic N) is 2. The molecule has 0 aromatic heterocycles. The van der Waals surface area contributed by atoms with E-state index in [0.717, 1.165) is 21.7 Å². The number of fused-ring (bicyclic) bond motifs is 1. The van der Waals surface area contributed by atoms with Gasteiger partial charge in [-0.2, -0.15) is 0 Å². The molecule has 1 atom stereocenters.